The number of carbonyl (C=O) groups is 1. The number of carbonyl (C=O) groups excluding carboxylic acids is 1. The highest BCUT2D eigenvalue weighted by Crippen LogP contribution is 2.22. The molecule has 0 radical (unpaired) electrons. The van der Waals surface area contributed by atoms with Gasteiger partial charge in [0.1, 0.15) is 0 Å². The van der Waals surface area contributed by atoms with Crippen molar-refractivity contribution in [1.29, 1.82) is 0 Å². The summed E-state index contributed by atoms with van der Waals surface area (Å²) in [5, 5.41) is 2.63. The summed E-state index contributed by atoms with van der Waals surface area (Å²) in [6.07, 6.45) is 10.6. The van der Waals surface area contributed by atoms with Crippen molar-refractivity contribution in [1.82, 2.24) is 5.32 Å². The Hall–Kier alpha value is -1.31. The summed E-state index contributed by atoms with van der Waals surface area (Å²) < 4.78 is 0. The van der Waals surface area contributed by atoms with E-state index in [-0.39, 0.29) is 5.41 Å². The van der Waals surface area contributed by atoms with Crippen molar-refractivity contribution in [3.8, 4) is 0 Å². The third kappa shape index (κ3) is 2.38. The first-order chi connectivity index (χ1) is 5.64. The maximum absolute atomic E-state index is 10.2. The Bertz CT molecular complexity index is 259. The molecule has 0 saturated carbocycles. The summed E-state index contributed by atoms with van der Waals surface area (Å²) in [6.45, 7) is 4.17. The highest BCUT2D eigenvalue weighted by atomic mass is 16.1. The molecule has 12 heavy (non-hydrogen) atoms. The zero-order valence-corrected chi connectivity index (χ0v) is 7.37. The van der Waals surface area contributed by atoms with Crippen LogP contribution >= 0.6 is 0 Å². The van der Waals surface area contributed by atoms with Crippen LogP contribution in [0.2, 0.25) is 0 Å². The van der Waals surface area contributed by atoms with Gasteiger partial charge >= 0.3 is 0 Å². The van der Waals surface area contributed by atoms with Gasteiger partial charge in [0.25, 0.3) is 0 Å². The molecule has 2 heteroatoms. The SMILES string of the molecule is CC1(C)C=CC=CC(NC=O)=C1. The molecule has 0 fully saturated rings. The minimum Gasteiger partial charge on any atom is -0.329 e. The Morgan fingerprint density at radius 3 is 2.83 bits per heavy atom. The fourth-order valence-electron chi connectivity index (χ4n) is 1.12. The number of allylic oxidation sites excluding steroid dienone is 5. The van der Waals surface area contributed by atoms with E-state index in [2.05, 4.69) is 25.2 Å². The van der Waals surface area contributed by atoms with E-state index >= 15 is 0 Å². The minimum absolute atomic E-state index is 0.00877. The lowest BCUT2D eigenvalue weighted by molar-refractivity contribution is -0.108. The second-order valence-electron chi connectivity index (χ2n) is 3.40. The molecule has 0 aromatic carbocycles. The predicted molar refractivity (Wildman–Crippen MR) is 49.3 cm³/mol. The van der Waals surface area contributed by atoms with Crippen molar-refractivity contribution in [2.45, 2.75) is 13.8 Å². The smallest absolute Gasteiger partial charge is 0.211 e. The van der Waals surface area contributed by atoms with Gasteiger partial charge < -0.3 is 5.32 Å². The summed E-state index contributed by atoms with van der Waals surface area (Å²) in [5.41, 5.74) is 0.856. The second-order valence-corrected chi connectivity index (χ2v) is 3.40. The number of nitrogens with one attached hydrogen (secondary N) is 1. The molecular formula is C10H13NO. The van der Waals surface area contributed by atoms with Crippen molar-refractivity contribution < 1.29 is 4.79 Å². The van der Waals surface area contributed by atoms with Gasteiger partial charge in [-0.3, -0.25) is 4.79 Å². The maximum Gasteiger partial charge on any atom is 0.211 e. The standard InChI is InChI=1S/C10H13NO/c1-10(2)6-4-3-5-9(7-10)11-8-12/h3-8H,1-2H3,(H,11,12). The average Bonchev–Trinajstić information content (AvgIpc) is 2.11. The first-order valence-electron chi connectivity index (χ1n) is 3.93. The lowest BCUT2D eigenvalue weighted by atomic mass is 9.92. The number of hydrogen-bond donors (Lipinski definition) is 1. The van der Waals surface area contributed by atoms with E-state index in [1.54, 1.807) is 0 Å². The fourth-order valence-corrected chi connectivity index (χ4v) is 1.12. The molecule has 0 aromatic rings. The van der Waals surface area contributed by atoms with Gasteiger partial charge in [0.15, 0.2) is 0 Å². The van der Waals surface area contributed by atoms with Crippen LogP contribution in [-0.2, 0) is 4.79 Å². The molecule has 1 aliphatic carbocycles. The molecule has 0 aromatic heterocycles. The maximum atomic E-state index is 10.2. The molecule has 1 rings (SSSR count). The van der Waals surface area contributed by atoms with Gasteiger partial charge in [-0.1, -0.05) is 38.2 Å². The summed E-state index contributed by atoms with van der Waals surface area (Å²) in [7, 11) is 0. The Kier molecular flexibility index (Phi) is 2.48. The number of rotatable bonds is 2. The largest absolute Gasteiger partial charge is 0.329 e. The van der Waals surface area contributed by atoms with E-state index in [0.717, 1.165) is 5.70 Å². The van der Waals surface area contributed by atoms with Crippen molar-refractivity contribution in [3.05, 3.63) is 36.1 Å². The highest BCUT2D eigenvalue weighted by molar-refractivity contribution is 5.52. The van der Waals surface area contributed by atoms with Crippen molar-refractivity contribution >= 4 is 6.41 Å². The van der Waals surface area contributed by atoms with Crippen LogP contribution in [0.15, 0.2) is 36.1 Å². The molecule has 0 heterocycles. The van der Waals surface area contributed by atoms with Gasteiger partial charge in [0.2, 0.25) is 6.41 Å². The second kappa shape index (κ2) is 3.39. The monoisotopic (exact) mass is 163 g/mol. The van der Waals surface area contributed by atoms with Gasteiger partial charge in [0, 0.05) is 11.1 Å². The van der Waals surface area contributed by atoms with Crippen LogP contribution in [0.25, 0.3) is 0 Å². The topological polar surface area (TPSA) is 29.1 Å². The number of amides is 1. The van der Waals surface area contributed by atoms with E-state index in [1.807, 2.05) is 24.3 Å². The van der Waals surface area contributed by atoms with Crippen LogP contribution in [0.5, 0.6) is 0 Å². The summed E-state index contributed by atoms with van der Waals surface area (Å²) >= 11 is 0. The van der Waals surface area contributed by atoms with Crippen molar-refractivity contribution in [3.63, 3.8) is 0 Å². The van der Waals surface area contributed by atoms with E-state index in [0.29, 0.717) is 6.41 Å². The molecule has 1 N–H and O–H groups in total. The van der Waals surface area contributed by atoms with E-state index in [4.69, 9.17) is 0 Å². The normalized spacial score (nSPS) is 19.7. The highest BCUT2D eigenvalue weighted by Gasteiger charge is 2.11. The van der Waals surface area contributed by atoms with Gasteiger partial charge in [-0.25, -0.2) is 0 Å². The molecule has 0 bridgehead atoms. The molecule has 2 nitrogen and oxygen atoms in total. The molecule has 64 valence electrons. The summed E-state index contributed by atoms with van der Waals surface area (Å²) in [5.74, 6) is 0. The third-order valence-electron chi connectivity index (χ3n) is 1.67. The quantitative estimate of drug-likeness (QED) is 0.617. The zero-order valence-electron chi connectivity index (χ0n) is 7.37. The van der Waals surface area contributed by atoms with E-state index in [9.17, 15) is 4.79 Å². The minimum atomic E-state index is 0.00877. The van der Waals surface area contributed by atoms with Crippen LogP contribution in [0, 0.1) is 5.41 Å². The molecule has 1 aliphatic rings. The van der Waals surface area contributed by atoms with Crippen LogP contribution < -0.4 is 5.32 Å². The first-order valence-corrected chi connectivity index (χ1v) is 3.93. The Balaban J connectivity index is 2.86. The molecular weight excluding hydrogens is 150 g/mol. The molecule has 0 spiro atoms. The van der Waals surface area contributed by atoms with Crippen molar-refractivity contribution in [2.24, 2.45) is 5.41 Å². The van der Waals surface area contributed by atoms with Gasteiger partial charge in [-0.2, -0.15) is 0 Å². The van der Waals surface area contributed by atoms with Crippen LogP contribution in [-0.4, -0.2) is 6.41 Å². The van der Waals surface area contributed by atoms with Crippen LogP contribution in [0.1, 0.15) is 13.8 Å². The third-order valence-corrected chi connectivity index (χ3v) is 1.67. The fraction of sp³-hybridized carbons (Fsp3) is 0.300. The van der Waals surface area contributed by atoms with Crippen LogP contribution in [0.3, 0.4) is 0 Å². The Morgan fingerprint density at radius 2 is 2.17 bits per heavy atom. The molecule has 0 aliphatic heterocycles. The first kappa shape index (κ1) is 8.78. The van der Waals surface area contributed by atoms with Gasteiger partial charge in [0.05, 0.1) is 0 Å². The van der Waals surface area contributed by atoms with Crippen molar-refractivity contribution in [2.75, 3.05) is 0 Å². The lowest BCUT2D eigenvalue weighted by Gasteiger charge is -2.14. The predicted octanol–water partition coefficient (Wildman–Crippen LogP) is 1.77. The molecule has 0 atom stereocenters. The van der Waals surface area contributed by atoms with Crippen LogP contribution in [0.4, 0.5) is 0 Å². The van der Waals surface area contributed by atoms with E-state index < -0.39 is 0 Å². The molecule has 1 amide bonds. The Morgan fingerprint density at radius 1 is 1.42 bits per heavy atom. The average molecular weight is 163 g/mol. The zero-order chi connectivity index (χ0) is 9.03. The Labute approximate surface area is 72.7 Å². The van der Waals surface area contributed by atoms with E-state index in [1.165, 1.54) is 0 Å². The molecule has 0 unspecified atom stereocenters. The summed E-state index contributed by atoms with van der Waals surface area (Å²) in [6, 6.07) is 0. The summed E-state index contributed by atoms with van der Waals surface area (Å²) in [4.78, 5) is 10.2. The van der Waals surface area contributed by atoms with Gasteiger partial charge in [-0.15, -0.1) is 0 Å². The lowest BCUT2D eigenvalue weighted by Crippen LogP contribution is -2.12. The number of hydrogen-bond acceptors (Lipinski definition) is 1. The van der Waals surface area contributed by atoms with Gasteiger partial charge in [-0.05, 0) is 6.08 Å². The molecule has 0 saturated heterocycles.